The number of nitrogens with one attached hydrogen (secondary N) is 2. The summed E-state index contributed by atoms with van der Waals surface area (Å²) in [5.41, 5.74) is -0.0929. The summed E-state index contributed by atoms with van der Waals surface area (Å²) in [6.45, 7) is 5.56. The van der Waals surface area contributed by atoms with E-state index in [0.29, 0.717) is 5.92 Å². The third-order valence-corrected chi connectivity index (χ3v) is 4.14. The van der Waals surface area contributed by atoms with E-state index in [-0.39, 0.29) is 17.5 Å². The van der Waals surface area contributed by atoms with Gasteiger partial charge in [0.25, 0.3) is 5.91 Å². The minimum Gasteiger partial charge on any atom is -0.480 e. The lowest BCUT2D eigenvalue weighted by molar-refractivity contribution is -0.142. The van der Waals surface area contributed by atoms with Crippen LogP contribution in [0.15, 0.2) is 11.8 Å². The molecule has 3 atom stereocenters. The number of carboxylic acids is 1. The van der Waals surface area contributed by atoms with Crippen LogP contribution in [-0.2, 0) is 9.59 Å². The van der Waals surface area contributed by atoms with Crippen molar-refractivity contribution in [3.8, 4) is 6.07 Å². The minimum absolute atomic E-state index is 0.0929. The zero-order valence-corrected chi connectivity index (χ0v) is 13.4. The molecule has 1 rings (SSSR count). The van der Waals surface area contributed by atoms with Crippen LogP contribution in [0.2, 0.25) is 0 Å². The van der Waals surface area contributed by atoms with Crippen molar-refractivity contribution in [3.05, 3.63) is 11.8 Å². The molecule has 0 aromatic rings. The molecule has 1 fully saturated rings. The van der Waals surface area contributed by atoms with E-state index >= 15 is 0 Å². The van der Waals surface area contributed by atoms with Gasteiger partial charge in [-0.15, -0.1) is 0 Å². The molecule has 1 aliphatic carbocycles. The molecule has 6 heteroatoms. The first kappa shape index (κ1) is 18.0. The Morgan fingerprint density at radius 2 is 1.95 bits per heavy atom. The molecule has 0 aromatic heterocycles. The minimum atomic E-state index is -1.10. The number of amides is 1. The summed E-state index contributed by atoms with van der Waals surface area (Å²) in [4.78, 5) is 23.1. The van der Waals surface area contributed by atoms with Crippen molar-refractivity contribution in [2.45, 2.75) is 58.5 Å². The number of hydrogen-bond acceptors (Lipinski definition) is 4. The highest BCUT2D eigenvalue weighted by atomic mass is 16.4. The summed E-state index contributed by atoms with van der Waals surface area (Å²) in [6, 6.07) is 1.09. The fraction of sp³-hybridized carbons (Fsp3) is 0.688. The summed E-state index contributed by atoms with van der Waals surface area (Å²) in [5, 5.41) is 23.7. The second kappa shape index (κ2) is 8.42. The van der Waals surface area contributed by atoms with E-state index in [1.165, 1.54) is 12.6 Å². The average molecular weight is 307 g/mol. The first-order valence-corrected chi connectivity index (χ1v) is 7.76. The van der Waals surface area contributed by atoms with E-state index in [9.17, 15) is 9.59 Å². The quantitative estimate of drug-likeness (QED) is 0.513. The van der Waals surface area contributed by atoms with E-state index in [1.54, 1.807) is 13.8 Å². The van der Waals surface area contributed by atoms with Gasteiger partial charge in [0.2, 0.25) is 0 Å². The molecule has 3 unspecified atom stereocenters. The standard InChI is InChI=1S/C16H25N3O3/c1-10(2)14(16(21)22)19-15(20)12(8-17)9-18-13-7-5-4-6-11(13)3/h9-11,13-14,18H,4-7H2,1-3H3,(H,19,20)(H,21,22)/b12-9-. The monoisotopic (exact) mass is 307 g/mol. The molecular weight excluding hydrogens is 282 g/mol. The number of nitrogens with zero attached hydrogens (tertiary/aromatic N) is 1. The van der Waals surface area contributed by atoms with E-state index in [1.807, 2.05) is 6.07 Å². The van der Waals surface area contributed by atoms with E-state index in [0.717, 1.165) is 19.3 Å². The Kier molecular flexibility index (Phi) is 6.90. The van der Waals surface area contributed by atoms with Crippen LogP contribution in [0.3, 0.4) is 0 Å². The number of rotatable bonds is 6. The van der Waals surface area contributed by atoms with Gasteiger partial charge in [-0.3, -0.25) is 4.79 Å². The lowest BCUT2D eigenvalue weighted by Crippen LogP contribution is -2.45. The van der Waals surface area contributed by atoms with Crippen LogP contribution in [0.1, 0.15) is 46.5 Å². The van der Waals surface area contributed by atoms with Gasteiger partial charge in [0.1, 0.15) is 17.7 Å². The first-order chi connectivity index (χ1) is 10.4. The first-order valence-electron chi connectivity index (χ1n) is 7.76. The Balaban J connectivity index is 2.69. The molecule has 22 heavy (non-hydrogen) atoms. The van der Waals surface area contributed by atoms with Crippen molar-refractivity contribution < 1.29 is 14.7 Å². The predicted octanol–water partition coefficient (Wildman–Crippen LogP) is 1.79. The number of nitriles is 1. The second-order valence-corrected chi connectivity index (χ2v) is 6.24. The Morgan fingerprint density at radius 3 is 2.45 bits per heavy atom. The topological polar surface area (TPSA) is 102 Å². The summed E-state index contributed by atoms with van der Waals surface area (Å²) >= 11 is 0. The third-order valence-electron chi connectivity index (χ3n) is 4.14. The van der Waals surface area contributed by atoms with Crippen molar-refractivity contribution in [1.29, 1.82) is 5.26 Å². The Labute approximate surface area is 131 Å². The fourth-order valence-electron chi connectivity index (χ4n) is 2.64. The van der Waals surface area contributed by atoms with Crippen LogP contribution in [0.4, 0.5) is 0 Å². The summed E-state index contributed by atoms with van der Waals surface area (Å²) in [5.74, 6) is -1.52. The van der Waals surface area contributed by atoms with Crippen LogP contribution >= 0.6 is 0 Å². The second-order valence-electron chi connectivity index (χ2n) is 6.24. The number of carboxylic acid groups (broad SMARTS) is 1. The maximum Gasteiger partial charge on any atom is 0.326 e. The Bertz CT molecular complexity index is 480. The number of aliphatic carboxylic acids is 1. The van der Waals surface area contributed by atoms with Gasteiger partial charge in [-0.1, -0.05) is 33.6 Å². The van der Waals surface area contributed by atoms with Crippen LogP contribution in [0, 0.1) is 23.2 Å². The molecule has 0 saturated heterocycles. The maximum absolute atomic E-state index is 12.0. The molecule has 1 saturated carbocycles. The molecule has 0 bridgehead atoms. The van der Waals surface area contributed by atoms with Gasteiger partial charge in [0, 0.05) is 12.2 Å². The smallest absolute Gasteiger partial charge is 0.326 e. The van der Waals surface area contributed by atoms with E-state index in [4.69, 9.17) is 10.4 Å². The van der Waals surface area contributed by atoms with Crippen molar-refractivity contribution >= 4 is 11.9 Å². The summed E-state index contributed by atoms with van der Waals surface area (Å²) < 4.78 is 0. The van der Waals surface area contributed by atoms with E-state index < -0.39 is 17.9 Å². The van der Waals surface area contributed by atoms with Crippen LogP contribution in [-0.4, -0.2) is 29.1 Å². The molecule has 0 heterocycles. The summed E-state index contributed by atoms with van der Waals surface area (Å²) in [7, 11) is 0. The van der Waals surface area contributed by atoms with Gasteiger partial charge in [-0.25, -0.2) is 4.79 Å². The lowest BCUT2D eigenvalue weighted by atomic mass is 9.86. The molecular formula is C16H25N3O3. The highest BCUT2D eigenvalue weighted by Crippen LogP contribution is 2.23. The van der Waals surface area contributed by atoms with Crippen molar-refractivity contribution in [1.82, 2.24) is 10.6 Å². The Hall–Kier alpha value is -2.03. The predicted molar refractivity (Wildman–Crippen MR) is 82.7 cm³/mol. The van der Waals surface area contributed by atoms with Crippen molar-refractivity contribution in [3.63, 3.8) is 0 Å². The highest BCUT2D eigenvalue weighted by molar-refractivity contribution is 5.99. The average Bonchev–Trinajstić information content (AvgIpc) is 2.46. The van der Waals surface area contributed by atoms with Gasteiger partial charge >= 0.3 is 5.97 Å². The zero-order chi connectivity index (χ0) is 16.7. The van der Waals surface area contributed by atoms with Crippen molar-refractivity contribution in [2.75, 3.05) is 0 Å². The summed E-state index contributed by atoms with van der Waals surface area (Å²) in [6.07, 6.45) is 5.92. The Morgan fingerprint density at radius 1 is 1.32 bits per heavy atom. The molecule has 122 valence electrons. The number of carbonyl (C=O) groups is 2. The van der Waals surface area contributed by atoms with E-state index in [2.05, 4.69) is 17.6 Å². The van der Waals surface area contributed by atoms with Gasteiger partial charge in [-0.05, 0) is 24.7 Å². The molecule has 1 amide bonds. The largest absolute Gasteiger partial charge is 0.480 e. The van der Waals surface area contributed by atoms with Crippen LogP contribution < -0.4 is 10.6 Å². The van der Waals surface area contributed by atoms with Gasteiger partial charge in [0.05, 0.1) is 0 Å². The van der Waals surface area contributed by atoms with Crippen LogP contribution in [0.5, 0.6) is 0 Å². The molecule has 3 N–H and O–H groups in total. The molecule has 6 nitrogen and oxygen atoms in total. The zero-order valence-electron chi connectivity index (χ0n) is 13.4. The lowest BCUT2D eigenvalue weighted by Gasteiger charge is -2.29. The molecule has 0 aromatic carbocycles. The van der Waals surface area contributed by atoms with Gasteiger partial charge in [-0.2, -0.15) is 5.26 Å². The fourth-order valence-corrected chi connectivity index (χ4v) is 2.64. The normalized spacial score (nSPS) is 23.5. The highest BCUT2D eigenvalue weighted by Gasteiger charge is 2.25. The van der Waals surface area contributed by atoms with Gasteiger partial charge in [0.15, 0.2) is 0 Å². The van der Waals surface area contributed by atoms with Crippen molar-refractivity contribution in [2.24, 2.45) is 11.8 Å². The molecule has 1 aliphatic rings. The van der Waals surface area contributed by atoms with Crippen LogP contribution in [0.25, 0.3) is 0 Å². The molecule has 0 aliphatic heterocycles. The molecule has 0 spiro atoms. The maximum atomic E-state index is 12.0. The third kappa shape index (κ3) is 5.06. The van der Waals surface area contributed by atoms with Gasteiger partial charge < -0.3 is 15.7 Å². The number of hydrogen-bond donors (Lipinski definition) is 3. The molecule has 0 radical (unpaired) electrons. The number of carbonyl (C=O) groups excluding carboxylic acids is 1. The SMILES string of the molecule is CC(C)C(NC(=O)/C(C#N)=C\NC1CCCCC1C)C(=O)O.